The van der Waals surface area contributed by atoms with Crippen LogP contribution >= 0.6 is 0 Å². The molecule has 1 aliphatic heterocycles. The molecule has 0 saturated carbocycles. The topological polar surface area (TPSA) is 108 Å². The lowest BCUT2D eigenvalue weighted by Gasteiger charge is -2.23. The van der Waals surface area contributed by atoms with Gasteiger partial charge in [-0.3, -0.25) is 14.2 Å². The highest BCUT2D eigenvalue weighted by atomic mass is 19.4. The van der Waals surface area contributed by atoms with Crippen LogP contribution in [0, 0.1) is 11.6 Å². The van der Waals surface area contributed by atoms with E-state index in [1.807, 2.05) is 0 Å². The number of aromatic nitrogens is 2. The maximum Gasteiger partial charge on any atom is 0.408 e. The first-order chi connectivity index (χ1) is 16.9. The predicted molar refractivity (Wildman–Crippen MR) is 119 cm³/mol. The first-order valence-corrected chi connectivity index (χ1v) is 10.9. The second kappa shape index (κ2) is 9.47. The standard InChI is InChI=1S/C23H21F5N4O4/c1-2-16(23(26,27)28)29-22(36)13-10-32(19-14(24)4-3-5-15(19)25)21-12(20(13)35)6-7-17(30-21)31-9-11(33)8-18(31)34/h3-7,10-11,16,18,33-34H,2,8-9H2,1H3,(H,29,36)/t11-,16-,18?/m0/s1. The van der Waals surface area contributed by atoms with Crippen molar-refractivity contribution in [2.75, 3.05) is 11.4 Å². The van der Waals surface area contributed by atoms with Crippen LogP contribution in [0.5, 0.6) is 0 Å². The fourth-order valence-electron chi connectivity index (χ4n) is 4.10. The van der Waals surface area contributed by atoms with Crippen molar-refractivity contribution in [1.29, 1.82) is 0 Å². The van der Waals surface area contributed by atoms with Gasteiger partial charge in [0.05, 0.1) is 11.5 Å². The minimum absolute atomic E-state index is 0.00565. The fourth-order valence-corrected chi connectivity index (χ4v) is 4.10. The van der Waals surface area contributed by atoms with E-state index in [4.69, 9.17) is 0 Å². The van der Waals surface area contributed by atoms with Gasteiger partial charge in [-0.15, -0.1) is 0 Å². The summed E-state index contributed by atoms with van der Waals surface area (Å²) in [6.07, 6.45) is -6.52. The fraction of sp³-hybridized carbons (Fsp3) is 0.348. The molecule has 1 fully saturated rings. The summed E-state index contributed by atoms with van der Waals surface area (Å²) in [6, 6.07) is 3.15. The number of alkyl halides is 3. The van der Waals surface area contributed by atoms with Crippen LogP contribution in [0.1, 0.15) is 30.1 Å². The Labute approximate surface area is 200 Å². The molecule has 0 spiro atoms. The van der Waals surface area contributed by atoms with Gasteiger partial charge in [0, 0.05) is 19.2 Å². The summed E-state index contributed by atoms with van der Waals surface area (Å²) in [5.41, 5.74) is -2.81. The van der Waals surface area contributed by atoms with E-state index in [0.29, 0.717) is 0 Å². The number of aliphatic hydroxyl groups excluding tert-OH is 2. The molecule has 4 rings (SSSR count). The molecule has 3 N–H and O–H groups in total. The van der Waals surface area contributed by atoms with Gasteiger partial charge in [-0.2, -0.15) is 13.2 Å². The zero-order chi connectivity index (χ0) is 26.4. The van der Waals surface area contributed by atoms with Gasteiger partial charge >= 0.3 is 6.18 Å². The average Bonchev–Trinajstić information content (AvgIpc) is 3.15. The van der Waals surface area contributed by atoms with Crippen molar-refractivity contribution in [1.82, 2.24) is 14.9 Å². The van der Waals surface area contributed by atoms with Crippen molar-refractivity contribution in [3.63, 3.8) is 0 Å². The number of para-hydroxylation sites is 1. The van der Waals surface area contributed by atoms with Gasteiger partial charge in [0.2, 0.25) is 5.43 Å². The summed E-state index contributed by atoms with van der Waals surface area (Å²) < 4.78 is 69.8. The van der Waals surface area contributed by atoms with E-state index < -0.39 is 65.2 Å². The number of anilines is 1. The van der Waals surface area contributed by atoms with Gasteiger partial charge in [-0.05, 0) is 30.7 Å². The summed E-state index contributed by atoms with van der Waals surface area (Å²) in [5, 5.41) is 21.5. The Morgan fingerprint density at radius 1 is 1.19 bits per heavy atom. The number of aliphatic hydroxyl groups is 2. The molecule has 192 valence electrons. The molecule has 1 amide bonds. The number of carbonyl (C=O) groups excluding carboxylic acids is 1. The Morgan fingerprint density at radius 3 is 2.42 bits per heavy atom. The molecule has 1 aliphatic rings. The van der Waals surface area contributed by atoms with Crippen LogP contribution in [-0.4, -0.2) is 56.8 Å². The van der Waals surface area contributed by atoms with Gasteiger partial charge in [0.25, 0.3) is 5.91 Å². The number of amides is 1. The Kier molecular flexibility index (Phi) is 6.71. The Balaban J connectivity index is 1.94. The van der Waals surface area contributed by atoms with Crippen molar-refractivity contribution in [3.05, 3.63) is 63.9 Å². The highest BCUT2D eigenvalue weighted by molar-refractivity contribution is 5.97. The minimum atomic E-state index is -4.78. The second-order valence-electron chi connectivity index (χ2n) is 8.35. The molecule has 36 heavy (non-hydrogen) atoms. The molecule has 3 atom stereocenters. The Bertz CT molecular complexity index is 1360. The number of nitrogens with one attached hydrogen (secondary N) is 1. The highest BCUT2D eigenvalue weighted by Crippen LogP contribution is 2.28. The molecule has 1 aromatic carbocycles. The number of hydrogen-bond acceptors (Lipinski definition) is 6. The first kappa shape index (κ1) is 25.5. The maximum absolute atomic E-state index is 14.7. The monoisotopic (exact) mass is 512 g/mol. The molecule has 0 aliphatic carbocycles. The summed E-state index contributed by atoms with van der Waals surface area (Å²) in [6.45, 7) is 1.19. The number of benzene rings is 1. The predicted octanol–water partition coefficient (Wildman–Crippen LogP) is 2.62. The number of nitrogens with zero attached hydrogens (tertiary/aromatic N) is 3. The number of carbonyl (C=O) groups is 1. The van der Waals surface area contributed by atoms with Crippen LogP contribution < -0.4 is 15.6 Å². The third-order valence-corrected chi connectivity index (χ3v) is 5.91. The van der Waals surface area contributed by atoms with Crippen molar-refractivity contribution < 1.29 is 37.0 Å². The van der Waals surface area contributed by atoms with E-state index in [2.05, 4.69) is 4.98 Å². The summed E-state index contributed by atoms with van der Waals surface area (Å²) in [4.78, 5) is 31.4. The second-order valence-corrected chi connectivity index (χ2v) is 8.35. The van der Waals surface area contributed by atoms with Crippen LogP contribution in [0.25, 0.3) is 16.7 Å². The maximum atomic E-state index is 14.7. The van der Waals surface area contributed by atoms with Gasteiger partial charge in [-0.25, -0.2) is 13.8 Å². The normalized spacial score (nSPS) is 19.1. The van der Waals surface area contributed by atoms with Crippen LogP contribution in [0.2, 0.25) is 0 Å². The summed E-state index contributed by atoms with van der Waals surface area (Å²) in [7, 11) is 0. The third kappa shape index (κ3) is 4.63. The molecule has 0 bridgehead atoms. The van der Waals surface area contributed by atoms with Crippen LogP contribution in [0.3, 0.4) is 0 Å². The molecule has 1 saturated heterocycles. The van der Waals surface area contributed by atoms with Crippen molar-refractivity contribution in [3.8, 4) is 5.69 Å². The zero-order valence-corrected chi connectivity index (χ0v) is 18.8. The number of pyridine rings is 2. The number of rotatable bonds is 5. The molecule has 1 unspecified atom stereocenters. The molecule has 2 aromatic heterocycles. The van der Waals surface area contributed by atoms with Crippen LogP contribution in [0.4, 0.5) is 27.8 Å². The lowest BCUT2D eigenvalue weighted by atomic mass is 10.1. The molecule has 3 heterocycles. The Morgan fingerprint density at radius 2 is 1.86 bits per heavy atom. The first-order valence-electron chi connectivity index (χ1n) is 10.9. The van der Waals surface area contributed by atoms with E-state index in [9.17, 15) is 41.8 Å². The van der Waals surface area contributed by atoms with Crippen molar-refractivity contribution in [2.24, 2.45) is 0 Å². The number of halogens is 5. The third-order valence-electron chi connectivity index (χ3n) is 5.91. The molecule has 3 aromatic rings. The summed E-state index contributed by atoms with van der Waals surface area (Å²) >= 11 is 0. The number of fused-ring (bicyclic) bond motifs is 1. The lowest BCUT2D eigenvalue weighted by Crippen LogP contribution is -2.46. The number of hydrogen-bond donors (Lipinski definition) is 3. The number of β-amino-alcohol motifs (C(OH)–C–C–N with tert-alkyl or cyclic N) is 1. The molecule has 0 radical (unpaired) electrons. The molecular formula is C23H21F5N4O4. The molecule has 13 heteroatoms. The van der Waals surface area contributed by atoms with Crippen LogP contribution in [-0.2, 0) is 0 Å². The Hall–Kier alpha value is -3.58. The minimum Gasteiger partial charge on any atom is -0.391 e. The van der Waals surface area contributed by atoms with Gasteiger partial charge in [0.15, 0.2) is 5.65 Å². The SMILES string of the molecule is CC[C@H](NC(=O)c1cn(-c2c(F)cccc2F)c2nc(N3C[C@@H](O)CC3O)ccc2c1=O)C(F)(F)F. The van der Waals surface area contributed by atoms with E-state index in [0.717, 1.165) is 29.0 Å². The average molecular weight is 512 g/mol. The highest BCUT2D eigenvalue weighted by Gasteiger charge is 2.40. The van der Waals surface area contributed by atoms with E-state index in [1.54, 1.807) is 5.32 Å². The van der Waals surface area contributed by atoms with Crippen molar-refractivity contribution in [2.45, 2.75) is 44.3 Å². The quantitative estimate of drug-likeness (QED) is 0.454. The zero-order valence-electron chi connectivity index (χ0n) is 18.8. The van der Waals surface area contributed by atoms with Crippen LogP contribution in [0.15, 0.2) is 41.3 Å². The summed E-state index contributed by atoms with van der Waals surface area (Å²) in [5.74, 6) is -3.48. The largest absolute Gasteiger partial charge is 0.408 e. The lowest BCUT2D eigenvalue weighted by molar-refractivity contribution is -0.153. The van der Waals surface area contributed by atoms with Gasteiger partial charge in [-0.1, -0.05) is 13.0 Å². The smallest absolute Gasteiger partial charge is 0.391 e. The van der Waals surface area contributed by atoms with Gasteiger partial charge < -0.3 is 20.4 Å². The van der Waals surface area contributed by atoms with E-state index in [1.165, 1.54) is 24.0 Å². The molecular weight excluding hydrogens is 491 g/mol. The van der Waals surface area contributed by atoms with Gasteiger partial charge in [0.1, 0.15) is 41.0 Å². The van der Waals surface area contributed by atoms with E-state index >= 15 is 0 Å². The molecule has 8 nitrogen and oxygen atoms in total. The van der Waals surface area contributed by atoms with Crippen molar-refractivity contribution >= 4 is 22.8 Å². The van der Waals surface area contributed by atoms with E-state index in [-0.39, 0.29) is 29.8 Å².